The first kappa shape index (κ1) is 28.3. The molecule has 2 aliphatic heterocycles. The second kappa shape index (κ2) is 11.0. The van der Waals surface area contributed by atoms with E-state index in [1.54, 1.807) is 30.5 Å². The molecule has 216 valence electrons. The van der Waals surface area contributed by atoms with Gasteiger partial charge in [0.1, 0.15) is 0 Å². The molecule has 2 amide bonds. The Morgan fingerprint density at radius 2 is 1.57 bits per heavy atom. The van der Waals surface area contributed by atoms with Crippen molar-refractivity contribution in [1.29, 1.82) is 0 Å². The molecule has 0 atom stereocenters. The van der Waals surface area contributed by atoms with E-state index >= 15 is 0 Å². The van der Waals surface area contributed by atoms with E-state index in [-0.39, 0.29) is 31.0 Å². The molecule has 0 unspecified atom stereocenters. The van der Waals surface area contributed by atoms with Gasteiger partial charge in [0.25, 0.3) is 0 Å². The summed E-state index contributed by atoms with van der Waals surface area (Å²) in [6.45, 7) is 11.5. The van der Waals surface area contributed by atoms with Gasteiger partial charge in [-0.05, 0) is 76.9 Å². The van der Waals surface area contributed by atoms with Crippen molar-refractivity contribution < 1.29 is 18.0 Å². The number of alkyl halides is 3. The summed E-state index contributed by atoms with van der Waals surface area (Å²) < 4.78 is 45.2. The molecule has 0 bridgehead atoms. The van der Waals surface area contributed by atoms with Crippen LogP contribution in [0.3, 0.4) is 0 Å². The molecule has 1 aromatic carbocycles. The number of halogens is 3. The molecule has 7 nitrogen and oxygen atoms in total. The monoisotopic (exact) mass is 556 g/mol. The van der Waals surface area contributed by atoms with Crippen LogP contribution in [0.25, 0.3) is 16.6 Å². The highest BCUT2D eigenvalue weighted by Crippen LogP contribution is 2.49. The highest BCUT2D eigenvalue weighted by Gasteiger charge is 2.56. The molecule has 0 radical (unpaired) electrons. The summed E-state index contributed by atoms with van der Waals surface area (Å²) in [7, 11) is 0. The Balaban J connectivity index is 1.35. The minimum Gasteiger partial charge on any atom is -0.366 e. The van der Waals surface area contributed by atoms with Crippen LogP contribution in [-0.2, 0) is 5.41 Å². The highest BCUT2D eigenvalue weighted by atomic mass is 19.4. The number of fused-ring (bicyclic) bond motifs is 1. The molecule has 2 aromatic heterocycles. The fourth-order valence-electron chi connectivity index (χ4n) is 6.05. The predicted octanol–water partition coefficient (Wildman–Crippen LogP) is 5.55. The topological polar surface area (TPSA) is 56.1 Å². The largest absolute Gasteiger partial charge is 0.398 e. The van der Waals surface area contributed by atoms with Gasteiger partial charge in [0.2, 0.25) is 0 Å². The lowest BCUT2D eigenvalue weighted by Crippen LogP contribution is -2.53. The summed E-state index contributed by atoms with van der Waals surface area (Å²) in [5.74, 6) is 0. The summed E-state index contributed by atoms with van der Waals surface area (Å²) in [4.78, 5) is 18.6. The molecule has 10 heteroatoms. The quantitative estimate of drug-likeness (QED) is 0.448. The second-order valence-electron chi connectivity index (χ2n) is 11.6. The lowest BCUT2D eigenvalue weighted by Gasteiger charge is -2.44. The van der Waals surface area contributed by atoms with Crippen LogP contribution in [0.1, 0.15) is 46.1 Å². The van der Waals surface area contributed by atoms with E-state index in [0.29, 0.717) is 44.8 Å². The lowest BCUT2D eigenvalue weighted by molar-refractivity contribution is -0.203. The van der Waals surface area contributed by atoms with Crippen molar-refractivity contribution in [3.8, 4) is 11.1 Å². The van der Waals surface area contributed by atoms with Gasteiger partial charge in [-0.25, -0.2) is 9.31 Å². The van der Waals surface area contributed by atoms with Gasteiger partial charge in [0.15, 0.2) is 0 Å². The van der Waals surface area contributed by atoms with Crippen molar-refractivity contribution >= 4 is 17.2 Å². The SMILES string of the molecule is CC(C)NC(=O)N1CCN(c2ccnn3cc(-c4ccc(C5(C(F)(F)F)CCN(C(C)C)CC5)cc4)cc23)CC1. The molecule has 2 saturated heterocycles. The fourth-order valence-corrected chi connectivity index (χ4v) is 6.05. The molecule has 1 N–H and O–H groups in total. The van der Waals surface area contributed by atoms with Crippen molar-refractivity contribution in [3.63, 3.8) is 0 Å². The van der Waals surface area contributed by atoms with Crippen LogP contribution >= 0.6 is 0 Å². The minimum atomic E-state index is -4.30. The number of carbonyl (C=O) groups excluding carboxylic acids is 1. The molecule has 3 aromatic rings. The lowest BCUT2D eigenvalue weighted by atomic mass is 9.71. The van der Waals surface area contributed by atoms with E-state index in [0.717, 1.165) is 22.3 Å². The Morgan fingerprint density at radius 1 is 0.925 bits per heavy atom. The number of benzene rings is 1. The minimum absolute atomic E-state index is 0.0410. The Morgan fingerprint density at radius 3 is 2.15 bits per heavy atom. The number of amides is 2. The number of likely N-dealkylation sites (tertiary alicyclic amines) is 1. The van der Waals surface area contributed by atoms with Gasteiger partial charge in [-0.15, -0.1) is 0 Å². The van der Waals surface area contributed by atoms with Crippen LogP contribution < -0.4 is 10.2 Å². The maximum Gasteiger partial charge on any atom is 0.398 e. The second-order valence-corrected chi connectivity index (χ2v) is 11.6. The van der Waals surface area contributed by atoms with E-state index in [1.165, 1.54) is 0 Å². The van der Waals surface area contributed by atoms with Crippen LogP contribution in [0.4, 0.5) is 23.7 Å². The van der Waals surface area contributed by atoms with Crippen LogP contribution in [0.15, 0.2) is 48.8 Å². The number of nitrogens with zero attached hydrogens (tertiary/aromatic N) is 5. The first-order valence-corrected chi connectivity index (χ1v) is 14.2. The van der Waals surface area contributed by atoms with Crippen molar-refractivity contribution in [3.05, 3.63) is 54.4 Å². The Kier molecular flexibility index (Phi) is 7.74. The van der Waals surface area contributed by atoms with Crippen molar-refractivity contribution in [1.82, 2.24) is 24.7 Å². The summed E-state index contributed by atoms with van der Waals surface area (Å²) in [5, 5.41) is 7.43. The molecular weight excluding hydrogens is 517 g/mol. The predicted molar refractivity (Wildman–Crippen MR) is 152 cm³/mol. The molecule has 40 heavy (non-hydrogen) atoms. The number of piperazine rings is 1. The number of anilines is 1. The van der Waals surface area contributed by atoms with E-state index in [1.807, 2.05) is 55.4 Å². The normalized spacial score (nSPS) is 18.6. The number of hydrogen-bond acceptors (Lipinski definition) is 4. The number of nitrogens with one attached hydrogen (secondary N) is 1. The third kappa shape index (κ3) is 5.38. The van der Waals surface area contributed by atoms with Crippen LogP contribution in [-0.4, -0.2) is 83.0 Å². The summed E-state index contributed by atoms with van der Waals surface area (Å²) in [6, 6.07) is 11.2. The summed E-state index contributed by atoms with van der Waals surface area (Å²) in [6.07, 6.45) is -0.487. The smallest absolute Gasteiger partial charge is 0.366 e. The zero-order chi connectivity index (χ0) is 28.7. The third-order valence-corrected chi connectivity index (χ3v) is 8.50. The van der Waals surface area contributed by atoms with Crippen molar-refractivity contribution in [2.75, 3.05) is 44.2 Å². The van der Waals surface area contributed by atoms with Gasteiger partial charge < -0.3 is 20.0 Å². The van der Waals surface area contributed by atoms with E-state index in [4.69, 9.17) is 0 Å². The highest BCUT2D eigenvalue weighted by molar-refractivity contribution is 5.80. The van der Waals surface area contributed by atoms with Gasteiger partial charge in [-0.3, -0.25) is 0 Å². The average Bonchev–Trinajstić information content (AvgIpc) is 3.37. The first-order valence-electron chi connectivity index (χ1n) is 14.2. The Labute approximate surface area is 233 Å². The van der Waals surface area contributed by atoms with Crippen molar-refractivity contribution in [2.45, 2.75) is 64.2 Å². The third-order valence-electron chi connectivity index (χ3n) is 8.50. The summed E-state index contributed by atoms with van der Waals surface area (Å²) >= 11 is 0. The van der Waals surface area contributed by atoms with E-state index < -0.39 is 11.6 Å². The molecule has 2 fully saturated rings. The van der Waals surface area contributed by atoms with Gasteiger partial charge in [0.05, 0.1) is 16.6 Å². The number of carbonyl (C=O) groups is 1. The van der Waals surface area contributed by atoms with E-state index in [9.17, 15) is 18.0 Å². The van der Waals surface area contributed by atoms with Crippen molar-refractivity contribution in [2.24, 2.45) is 0 Å². The molecule has 0 spiro atoms. The van der Waals surface area contributed by atoms with Gasteiger partial charge in [-0.1, -0.05) is 24.3 Å². The van der Waals surface area contributed by atoms with Crippen LogP contribution in [0, 0.1) is 0 Å². The maximum atomic E-state index is 14.5. The molecule has 0 aliphatic carbocycles. The fraction of sp³-hybridized carbons (Fsp3) is 0.533. The number of rotatable bonds is 5. The zero-order valence-electron chi connectivity index (χ0n) is 23.7. The number of urea groups is 1. The molecule has 4 heterocycles. The summed E-state index contributed by atoms with van der Waals surface area (Å²) in [5.41, 5.74) is 2.23. The maximum absolute atomic E-state index is 14.5. The van der Waals surface area contributed by atoms with Crippen LogP contribution in [0.5, 0.6) is 0 Å². The Hall–Kier alpha value is -3.27. The number of hydrogen-bond donors (Lipinski definition) is 1. The molecular formula is C30H39F3N6O. The number of aromatic nitrogens is 2. The zero-order valence-corrected chi connectivity index (χ0v) is 23.7. The average molecular weight is 557 g/mol. The first-order chi connectivity index (χ1) is 19.0. The van der Waals surface area contributed by atoms with E-state index in [2.05, 4.69) is 20.2 Å². The number of piperidine rings is 1. The van der Waals surface area contributed by atoms with Gasteiger partial charge in [0, 0.05) is 56.2 Å². The van der Waals surface area contributed by atoms with Gasteiger partial charge >= 0.3 is 12.2 Å². The Bertz CT molecular complexity index is 1320. The molecule has 0 saturated carbocycles. The molecule has 5 rings (SSSR count). The van der Waals surface area contributed by atoms with Gasteiger partial charge in [-0.2, -0.15) is 18.3 Å². The standard InChI is InChI=1S/C30H39F3N6O/c1-21(2)35-28(40)38-17-15-37(16-18-38)26-9-12-34-39-20-24(19-27(26)39)23-5-7-25(8-6-23)29(30(31,32)33)10-13-36(14-11-29)22(3)4/h5-9,12,19-22H,10-11,13-18H2,1-4H3,(H,35,40). The molecule has 2 aliphatic rings. The van der Waals surface area contributed by atoms with Crippen LogP contribution in [0.2, 0.25) is 0 Å².